The molecule has 1 fully saturated rings. The molecule has 7 aromatic rings. The van der Waals surface area contributed by atoms with Gasteiger partial charge in [0.05, 0.1) is 27.3 Å². The molecule has 0 bridgehead atoms. The summed E-state index contributed by atoms with van der Waals surface area (Å²) in [7, 11) is 2.21. The lowest BCUT2D eigenvalue weighted by atomic mass is 9.92. The van der Waals surface area contributed by atoms with Gasteiger partial charge in [-0.15, -0.1) is 0 Å². The van der Waals surface area contributed by atoms with Crippen molar-refractivity contribution in [2.75, 3.05) is 0 Å². The van der Waals surface area contributed by atoms with Crippen molar-refractivity contribution < 1.29 is 4.57 Å². The van der Waals surface area contributed by atoms with E-state index in [9.17, 15) is 0 Å². The molecule has 4 aromatic carbocycles. The molecule has 1 saturated carbocycles. The predicted octanol–water partition coefficient (Wildman–Crippen LogP) is 8.76. The third-order valence-corrected chi connectivity index (χ3v) is 9.22. The molecule has 0 aliphatic heterocycles. The highest BCUT2D eigenvalue weighted by atomic mass is 15.0. The van der Waals surface area contributed by atoms with Crippen molar-refractivity contribution in [1.29, 1.82) is 0 Å². The molecule has 0 unspecified atom stereocenters. The Kier molecular flexibility index (Phi) is 4.33. The molecule has 1 aliphatic rings. The Morgan fingerprint density at radius 2 is 1.57 bits per heavy atom. The first kappa shape index (κ1) is 21.2. The Balaban J connectivity index is 1.62. The smallest absolute Gasteiger partial charge is 0.224 e. The fourth-order valence-electron chi connectivity index (χ4n) is 7.23. The highest BCUT2D eigenvalue weighted by Gasteiger charge is 2.26. The average molecular weight is 480 g/mol. The molecule has 0 amide bonds. The van der Waals surface area contributed by atoms with Gasteiger partial charge >= 0.3 is 0 Å². The second-order valence-corrected chi connectivity index (χ2v) is 11.3. The molecule has 2 heteroatoms. The molecule has 3 heterocycles. The maximum Gasteiger partial charge on any atom is 0.224 e. The zero-order chi connectivity index (χ0) is 24.8. The average Bonchev–Trinajstić information content (AvgIpc) is 3.57. The predicted molar refractivity (Wildman–Crippen MR) is 156 cm³/mol. The third-order valence-electron chi connectivity index (χ3n) is 9.22. The van der Waals surface area contributed by atoms with Crippen LogP contribution in [0.15, 0.2) is 79.0 Å². The first-order valence-corrected chi connectivity index (χ1v) is 13.7. The van der Waals surface area contributed by atoms with Crippen LogP contribution in [0.2, 0.25) is 0 Å². The largest absolute Gasteiger partial charge is 0.307 e. The van der Waals surface area contributed by atoms with E-state index < -0.39 is 0 Å². The highest BCUT2D eigenvalue weighted by Crippen LogP contribution is 2.44. The molecule has 3 aromatic heterocycles. The van der Waals surface area contributed by atoms with Gasteiger partial charge in [-0.1, -0.05) is 55.3 Å². The first-order chi connectivity index (χ1) is 18.1. The summed E-state index contributed by atoms with van der Waals surface area (Å²) in [5.41, 5.74) is 12.2. The van der Waals surface area contributed by atoms with Gasteiger partial charge in [0.15, 0.2) is 6.20 Å². The molecule has 0 N–H and O–H groups in total. The minimum atomic E-state index is 0.682. The summed E-state index contributed by atoms with van der Waals surface area (Å²) in [6.07, 6.45) is 7.60. The van der Waals surface area contributed by atoms with Gasteiger partial charge in [0.25, 0.3) is 0 Å². The minimum absolute atomic E-state index is 0.682. The molecular weight excluding hydrogens is 448 g/mol. The van der Waals surface area contributed by atoms with Crippen molar-refractivity contribution >= 4 is 49.0 Å². The minimum Gasteiger partial charge on any atom is -0.307 e. The number of benzene rings is 4. The van der Waals surface area contributed by atoms with Gasteiger partial charge in [-0.2, -0.15) is 0 Å². The van der Waals surface area contributed by atoms with E-state index in [4.69, 9.17) is 0 Å². The van der Waals surface area contributed by atoms with Crippen molar-refractivity contribution in [2.45, 2.75) is 45.4 Å². The quantitative estimate of drug-likeness (QED) is 0.133. The third kappa shape index (κ3) is 2.84. The second kappa shape index (κ2) is 7.55. The number of hydrogen-bond donors (Lipinski definition) is 0. The summed E-state index contributed by atoms with van der Waals surface area (Å²) in [5.74, 6) is 0.682. The van der Waals surface area contributed by atoms with Crippen LogP contribution in [0, 0.1) is 13.8 Å². The maximum atomic E-state index is 2.59. The summed E-state index contributed by atoms with van der Waals surface area (Å²) in [5, 5.41) is 6.85. The summed E-state index contributed by atoms with van der Waals surface area (Å²) in [6.45, 7) is 4.58. The lowest BCUT2D eigenvalue weighted by Gasteiger charge is -2.17. The Morgan fingerprint density at radius 3 is 2.38 bits per heavy atom. The Hall–Kier alpha value is -3.91. The van der Waals surface area contributed by atoms with Crippen LogP contribution in [0.25, 0.3) is 60.1 Å². The Morgan fingerprint density at radius 1 is 0.757 bits per heavy atom. The van der Waals surface area contributed by atoms with E-state index in [2.05, 4.69) is 109 Å². The first-order valence-electron chi connectivity index (χ1n) is 13.7. The van der Waals surface area contributed by atoms with Crippen molar-refractivity contribution in [3.63, 3.8) is 0 Å². The lowest BCUT2D eigenvalue weighted by Crippen LogP contribution is -2.29. The van der Waals surface area contributed by atoms with E-state index in [0.29, 0.717) is 5.92 Å². The molecule has 0 atom stereocenters. The standard InChI is InChI=1S/C35H31N2/c1-21-17-29-28-19-25(23-9-5-4-6-10-23)13-14-30(28)37-31-20-27(24-11-7-8-12-24)18-26-15-16-36(3)35(33(26)31)32(22(21)2)34(29)37/h4-6,9-10,13-20,24H,7-8,11-12H2,1-3H3/q+1. The van der Waals surface area contributed by atoms with E-state index in [1.807, 2.05) is 0 Å². The van der Waals surface area contributed by atoms with Crippen molar-refractivity contribution in [1.82, 2.24) is 4.40 Å². The summed E-state index contributed by atoms with van der Waals surface area (Å²) >= 11 is 0. The summed E-state index contributed by atoms with van der Waals surface area (Å²) in [6, 6.07) is 27.6. The number of nitrogens with zero attached hydrogens (tertiary/aromatic N) is 2. The SMILES string of the molecule is Cc1cc2c3cc(-c4ccccc4)ccc3n3c4cc(C5CCCC5)cc5cc[n+](C)c(c(c1C)c23)c54. The van der Waals surface area contributed by atoms with Gasteiger partial charge in [0.2, 0.25) is 5.52 Å². The maximum absolute atomic E-state index is 2.59. The number of aryl methyl sites for hydroxylation is 3. The molecule has 37 heavy (non-hydrogen) atoms. The van der Waals surface area contributed by atoms with Crippen LogP contribution in [-0.2, 0) is 7.05 Å². The van der Waals surface area contributed by atoms with Crippen LogP contribution in [0.1, 0.15) is 48.3 Å². The van der Waals surface area contributed by atoms with E-state index in [1.54, 1.807) is 0 Å². The number of aromatic nitrogens is 2. The van der Waals surface area contributed by atoms with Gasteiger partial charge in [0.1, 0.15) is 7.05 Å². The van der Waals surface area contributed by atoms with Gasteiger partial charge in [-0.05, 0) is 90.1 Å². The van der Waals surface area contributed by atoms with Crippen LogP contribution in [0.3, 0.4) is 0 Å². The van der Waals surface area contributed by atoms with E-state index >= 15 is 0 Å². The van der Waals surface area contributed by atoms with Crippen LogP contribution in [-0.4, -0.2) is 4.40 Å². The highest BCUT2D eigenvalue weighted by molar-refractivity contribution is 6.26. The number of hydrogen-bond acceptors (Lipinski definition) is 0. The van der Waals surface area contributed by atoms with Crippen molar-refractivity contribution in [3.05, 3.63) is 95.7 Å². The summed E-state index contributed by atoms with van der Waals surface area (Å²) in [4.78, 5) is 0. The Bertz CT molecular complexity index is 2000. The van der Waals surface area contributed by atoms with Gasteiger partial charge in [-0.3, -0.25) is 0 Å². The molecule has 0 saturated heterocycles. The lowest BCUT2D eigenvalue weighted by molar-refractivity contribution is -0.643. The summed E-state index contributed by atoms with van der Waals surface area (Å²) < 4.78 is 4.94. The van der Waals surface area contributed by atoms with Crippen LogP contribution in [0.4, 0.5) is 0 Å². The zero-order valence-electron chi connectivity index (χ0n) is 21.8. The molecular formula is C35H31N2+. The van der Waals surface area contributed by atoms with E-state index in [-0.39, 0.29) is 0 Å². The molecule has 1 aliphatic carbocycles. The normalized spacial score (nSPS) is 14.9. The van der Waals surface area contributed by atoms with E-state index in [1.165, 1.54) is 102 Å². The van der Waals surface area contributed by atoms with Gasteiger partial charge in [-0.25, -0.2) is 4.57 Å². The van der Waals surface area contributed by atoms with Crippen molar-refractivity contribution in [3.8, 4) is 11.1 Å². The molecule has 8 rings (SSSR count). The Labute approximate surface area is 217 Å². The molecule has 2 nitrogen and oxygen atoms in total. The number of pyridine rings is 2. The monoisotopic (exact) mass is 479 g/mol. The molecule has 0 radical (unpaired) electrons. The number of fused-ring (bicyclic) bond motifs is 5. The van der Waals surface area contributed by atoms with E-state index in [0.717, 1.165) is 0 Å². The zero-order valence-corrected chi connectivity index (χ0v) is 21.8. The van der Waals surface area contributed by atoms with Gasteiger partial charge < -0.3 is 4.40 Å². The van der Waals surface area contributed by atoms with Crippen LogP contribution >= 0.6 is 0 Å². The van der Waals surface area contributed by atoms with Crippen LogP contribution in [0.5, 0.6) is 0 Å². The second-order valence-electron chi connectivity index (χ2n) is 11.3. The number of rotatable bonds is 2. The topological polar surface area (TPSA) is 8.29 Å². The molecule has 180 valence electrons. The fourth-order valence-corrected chi connectivity index (χ4v) is 7.23. The molecule has 0 spiro atoms. The fraction of sp³-hybridized carbons (Fsp3) is 0.229. The van der Waals surface area contributed by atoms with Gasteiger partial charge in [0, 0.05) is 16.8 Å². The van der Waals surface area contributed by atoms with Crippen LogP contribution < -0.4 is 4.57 Å². The van der Waals surface area contributed by atoms with Crippen molar-refractivity contribution in [2.24, 2.45) is 7.05 Å².